The summed E-state index contributed by atoms with van der Waals surface area (Å²) < 4.78 is 14.1. The van der Waals surface area contributed by atoms with Crippen LogP contribution in [0.15, 0.2) is 78.2 Å². The van der Waals surface area contributed by atoms with E-state index in [1.807, 2.05) is 35.7 Å². The number of carbonyl (C=O) groups excluding carboxylic acids is 1. The SMILES string of the molecule is O=C(NCc1ccc(Cl)cc1)Nc1ccccc1-c1csc(-c2ccccc2F)n1. The van der Waals surface area contributed by atoms with Crippen molar-refractivity contribution in [1.82, 2.24) is 10.3 Å². The minimum Gasteiger partial charge on any atom is -0.334 e. The van der Waals surface area contributed by atoms with Gasteiger partial charge in [0.25, 0.3) is 0 Å². The molecule has 150 valence electrons. The third-order valence-corrected chi connectivity index (χ3v) is 5.55. The number of rotatable bonds is 5. The summed E-state index contributed by atoms with van der Waals surface area (Å²) in [6, 6.07) is 20.9. The minimum absolute atomic E-state index is 0.314. The van der Waals surface area contributed by atoms with Gasteiger partial charge in [-0.05, 0) is 35.9 Å². The highest BCUT2D eigenvalue weighted by Crippen LogP contribution is 2.33. The summed E-state index contributed by atoms with van der Waals surface area (Å²) in [5.41, 5.74) is 3.46. The number of nitrogens with one attached hydrogen (secondary N) is 2. The van der Waals surface area contributed by atoms with E-state index in [0.29, 0.717) is 33.5 Å². The molecule has 4 aromatic rings. The fraction of sp³-hybridized carbons (Fsp3) is 0.0435. The van der Waals surface area contributed by atoms with Crippen LogP contribution in [0.1, 0.15) is 5.56 Å². The van der Waals surface area contributed by atoms with Gasteiger partial charge in [-0.3, -0.25) is 0 Å². The highest BCUT2D eigenvalue weighted by molar-refractivity contribution is 7.13. The van der Waals surface area contributed by atoms with E-state index in [1.54, 1.807) is 36.4 Å². The number of benzene rings is 3. The fourth-order valence-corrected chi connectivity index (χ4v) is 3.89. The van der Waals surface area contributed by atoms with Gasteiger partial charge >= 0.3 is 6.03 Å². The van der Waals surface area contributed by atoms with E-state index in [0.717, 1.165) is 11.1 Å². The topological polar surface area (TPSA) is 54.0 Å². The summed E-state index contributed by atoms with van der Waals surface area (Å²) in [5, 5.41) is 8.78. The van der Waals surface area contributed by atoms with Crippen molar-refractivity contribution in [3.8, 4) is 21.8 Å². The molecule has 0 atom stereocenters. The number of hydrogen-bond donors (Lipinski definition) is 2. The third kappa shape index (κ3) is 4.67. The number of thiazole rings is 1. The normalized spacial score (nSPS) is 10.6. The molecule has 0 radical (unpaired) electrons. The Bertz CT molecular complexity index is 1180. The maximum atomic E-state index is 14.1. The number of carbonyl (C=O) groups is 1. The molecule has 3 aromatic carbocycles. The highest BCUT2D eigenvalue weighted by Gasteiger charge is 2.14. The first-order valence-corrected chi connectivity index (χ1v) is 10.4. The van der Waals surface area contributed by atoms with Crippen LogP contribution in [0.4, 0.5) is 14.9 Å². The number of urea groups is 1. The smallest absolute Gasteiger partial charge is 0.319 e. The van der Waals surface area contributed by atoms with Crippen LogP contribution in [-0.4, -0.2) is 11.0 Å². The van der Waals surface area contributed by atoms with Crippen LogP contribution in [0.2, 0.25) is 5.02 Å². The second-order valence-corrected chi connectivity index (χ2v) is 7.79. The minimum atomic E-state index is -0.332. The molecule has 4 nitrogen and oxygen atoms in total. The zero-order chi connectivity index (χ0) is 20.9. The fourth-order valence-electron chi connectivity index (χ4n) is 2.92. The van der Waals surface area contributed by atoms with Gasteiger partial charge in [0.2, 0.25) is 0 Å². The van der Waals surface area contributed by atoms with Crippen LogP contribution in [0.5, 0.6) is 0 Å². The van der Waals surface area contributed by atoms with Gasteiger partial charge in [-0.2, -0.15) is 0 Å². The van der Waals surface area contributed by atoms with Gasteiger partial charge < -0.3 is 10.6 Å². The van der Waals surface area contributed by atoms with Crippen molar-refractivity contribution in [3.63, 3.8) is 0 Å². The Morgan fingerprint density at radius 2 is 1.67 bits per heavy atom. The lowest BCUT2D eigenvalue weighted by Crippen LogP contribution is -2.28. The van der Waals surface area contributed by atoms with Crippen LogP contribution in [-0.2, 0) is 6.54 Å². The Kier molecular flexibility index (Phi) is 6.07. The molecule has 2 N–H and O–H groups in total. The number of aromatic nitrogens is 1. The lowest BCUT2D eigenvalue weighted by molar-refractivity contribution is 0.252. The van der Waals surface area contributed by atoms with Crippen molar-refractivity contribution in [2.75, 3.05) is 5.32 Å². The van der Waals surface area contributed by atoms with Gasteiger partial charge in [-0.1, -0.05) is 54.1 Å². The molecule has 30 heavy (non-hydrogen) atoms. The van der Waals surface area contributed by atoms with Crippen LogP contribution >= 0.6 is 22.9 Å². The summed E-state index contributed by atoms with van der Waals surface area (Å²) in [6.07, 6.45) is 0. The quantitative estimate of drug-likeness (QED) is 0.370. The molecular weight excluding hydrogens is 421 g/mol. The van der Waals surface area contributed by atoms with E-state index in [-0.39, 0.29) is 11.8 Å². The van der Waals surface area contributed by atoms with E-state index >= 15 is 0 Å². The van der Waals surface area contributed by atoms with E-state index < -0.39 is 0 Å². The molecule has 0 aliphatic rings. The van der Waals surface area contributed by atoms with Gasteiger partial charge in [0.05, 0.1) is 11.4 Å². The maximum absolute atomic E-state index is 14.1. The summed E-state index contributed by atoms with van der Waals surface area (Å²) in [5.74, 6) is -0.314. The molecule has 0 aliphatic heterocycles. The Morgan fingerprint density at radius 3 is 2.43 bits per heavy atom. The van der Waals surface area contributed by atoms with E-state index in [1.165, 1.54) is 17.4 Å². The zero-order valence-corrected chi connectivity index (χ0v) is 17.3. The molecule has 7 heteroatoms. The molecule has 4 rings (SSSR count). The molecule has 1 heterocycles. The van der Waals surface area contributed by atoms with Crippen molar-refractivity contribution in [3.05, 3.63) is 94.6 Å². The zero-order valence-electron chi connectivity index (χ0n) is 15.7. The summed E-state index contributed by atoms with van der Waals surface area (Å²) >= 11 is 7.24. The van der Waals surface area contributed by atoms with Crippen LogP contribution in [0.3, 0.4) is 0 Å². The largest absolute Gasteiger partial charge is 0.334 e. The summed E-state index contributed by atoms with van der Waals surface area (Å²) in [6.45, 7) is 0.374. The number of nitrogens with zero attached hydrogens (tertiary/aromatic N) is 1. The summed E-state index contributed by atoms with van der Waals surface area (Å²) in [4.78, 5) is 17.0. The second-order valence-electron chi connectivity index (χ2n) is 6.50. The highest BCUT2D eigenvalue weighted by atomic mass is 35.5. The van der Waals surface area contributed by atoms with Crippen LogP contribution in [0, 0.1) is 5.82 Å². The first-order valence-electron chi connectivity index (χ1n) is 9.19. The average molecular weight is 438 g/mol. The lowest BCUT2D eigenvalue weighted by atomic mass is 10.1. The van der Waals surface area contributed by atoms with Crippen molar-refractivity contribution in [2.45, 2.75) is 6.54 Å². The van der Waals surface area contributed by atoms with Gasteiger partial charge in [-0.15, -0.1) is 11.3 Å². The van der Waals surface area contributed by atoms with Gasteiger partial charge in [-0.25, -0.2) is 14.2 Å². The number of halogens is 2. The average Bonchev–Trinajstić information content (AvgIpc) is 3.24. The number of para-hydroxylation sites is 1. The second kappa shape index (κ2) is 9.07. The predicted octanol–water partition coefficient (Wildman–Crippen LogP) is 6.59. The Hall–Kier alpha value is -3.22. The number of hydrogen-bond acceptors (Lipinski definition) is 3. The first kappa shape index (κ1) is 20.1. The number of anilines is 1. The summed E-state index contributed by atoms with van der Waals surface area (Å²) in [7, 11) is 0. The monoisotopic (exact) mass is 437 g/mol. The van der Waals surface area contributed by atoms with Crippen LogP contribution < -0.4 is 10.6 Å². The first-order chi connectivity index (χ1) is 14.6. The predicted molar refractivity (Wildman–Crippen MR) is 120 cm³/mol. The molecule has 0 spiro atoms. The molecule has 0 unspecified atom stereocenters. The molecule has 2 amide bonds. The van der Waals surface area contributed by atoms with Crippen molar-refractivity contribution >= 4 is 34.7 Å². The molecular formula is C23H17ClFN3OS. The van der Waals surface area contributed by atoms with Gasteiger partial charge in [0.1, 0.15) is 10.8 Å². The van der Waals surface area contributed by atoms with Crippen LogP contribution in [0.25, 0.3) is 21.8 Å². The van der Waals surface area contributed by atoms with Crippen molar-refractivity contribution in [2.24, 2.45) is 0 Å². The van der Waals surface area contributed by atoms with E-state index in [2.05, 4.69) is 15.6 Å². The molecule has 0 saturated carbocycles. The maximum Gasteiger partial charge on any atom is 0.319 e. The third-order valence-electron chi connectivity index (χ3n) is 4.43. The molecule has 0 saturated heterocycles. The lowest BCUT2D eigenvalue weighted by Gasteiger charge is -2.11. The van der Waals surface area contributed by atoms with Gasteiger partial charge in [0, 0.05) is 28.1 Å². The Morgan fingerprint density at radius 1 is 0.967 bits per heavy atom. The molecule has 0 bridgehead atoms. The molecule has 0 fully saturated rings. The van der Waals surface area contributed by atoms with Crippen molar-refractivity contribution < 1.29 is 9.18 Å². The Labute approximate surface area is 182 Å². The Balaban J connectivity index is 1.50. The number of amides is 2. The standard InChI is InChI=1S/C23H17ClFN3OS/c24-16-11-9-15(10-12-16)13-26-23(29)28-20-8-4-2-6-18(20)21-14-30-22(27-21)17-5-1-3-7-19(17)25/h1-12,14H,13H2,(H2,26,28,29). The molecule has 0 aliphatic carbocycles. The van der Waals surface area contributed by atoms with Crippen molar-refractivity contribution in [1.29, 1.82) is 0 Å². The van der Waals surface area contributed by atoms with Gasteiger partial charge in [0.15, 0.2) is 0 Å². The van der Waals surface area contributed by atoms with E-state index in [4.69, 9.17) is 11.6 Å². The molecule has 1 aromatic heterocycles. The van der Waals surface area contributed by atoms with E-state index in [9.17, 15) is 9.18 Å².